The largest absolute Gasteiger partial charge is 0.385 e. The number of anilines is 1. The van der Waals surface area contributed by atoms with E-state index >= 15 is 0 Å². The van der Waals surface area contributed by atoms with E-state index in [1.54, 1.807) is 0 Å². The van der Waals surface area contributed by atoms with Crippen LogP contribution in [0.2, 0.25) is 0 Å². The minimum absolute atomic E-state index is 0.515. The molecule has 2 heteroatoms. The van der Waals surface area contributed by atoms with Crippen molar-refractivity contribution in [3.05, 3.63) is 29.3 Å². The van der Waals surface area contributed by atoms with Crippen molar-refractivity contribution in [1.29, 1.82) is 0 Å². The van der Waals surface area contributed by atoms with E-state index in [1.807, 2.05) is 0 Å². The van der Waals surface area contributed by atoms with Crippen LogP contribution in [0.25, 0.3) is 0 Å². The van der Waals surface area contributed by atoms with Gasteiger partial charge in [0.1, 0.15) is 0 Å². The third kappa shape index (κ3) is 2.06. The fraction of sp³-hybridized carbons (Fsp3) is 0.600. The summed E-state index contributed by atoms with van der Waals surface area (Å²) in [5.74, 6) is 0. The van der Waals surface area contributed by atoms with Gasteiger partial charge >= 0.3 is 0 Å². The normalized spacial score (nSPS) is 22.6. The Hall–Kier alpha value is -1.02. The molecule has 1 saturated heterocycles. The highest BCUT2D eigenvalue weighted by Crippen LogP contribution is 2.49. The lowest BCUT2D eigenvalue weighted by Crippen LogP contribution is -2.31. The van der Waals surface area contributed by atoms with Crippen LogP contribution in [0.3, 0.4) is 0 Å². The SMILES string of the molecule is Cc1ccc(N2CCCCC2)c(C2(O)CC2)c1. The summed E-state index contributed by atoms with van der Waals surface area (Å²) in [5.41, 5.74) is 3.18. The minimum Gasteiger partial charge on any atom is -0.385 e. The van der Waals surface area contributed by atoms with Crippen LogP contribution in [0.1, 0.15) is 43.2 Å². The predicted octanol–water partition coefficient (Wildman–Crippen LogP) is 2.97. The molecule has 1 aliphatic carbocycles. The molecule has 1 N–H and O–H groups in total. The number of nitrogens with zero attached hydrogens (tertiary/aromatic N) is 1. The van der Waals surface area contributed by atoms with Crippen molar-refractivity contribution < 1.29 is 5.11 Å². The summed E-state index contributed by atoms with van der Waals surface area (Å²) in [7, 11) is 0. The fourth-order valence-electron chi connectivity index (χ4n) is 2.82. The van der Waals surface area contributed by atoms with Gasteiger partial charge in [0.15, 0.2) is 0 Å². The van der Waals surface area contributed by atoms with Gasteiger partial charge in [-0.05, 0) is 45.1 Å². The van der Waals surface area contributed by atoms with E-state index in [-0.39, 0.29) is 0 Å². The molecule has 92 valence electrons. The first kappa shape index (κ1) is 11.1. The smallest absolute Gasteiger partial charge is 0.0919 e. The molecular formula is C15H21NO. The summed E-state index contributed by atoms with van der Waals surface area (Å²) in [4.78, 5) is 2.45. The fourth-order valence-corrected chi connectivity index (χ4v) is 2.82. The van der Waals surface area contributed by atoms with Crippen LogP contribution in [-0.4, -0.2) is 18.2 Å². The highest BCUT2D eigenvalue weighted by atomic mass is 16.3. The second-order valence-electron chi connectivity index (χ2n) is 5.60. The van der Waals surface area contributed by atoms with Gasteiger partial charge in [-0.3, -0.25) is 0 Å². The molecule has 1 heterocycles. The second kappa shape index (κ2) is 4.02. The molecule has 0 bridgehead atoms. The molecule has 2 nitrogen and oxygen atoms in total. The Kier molecular flexibility index (Phi) is 2.62. The first-order chi connectivity index (χ1) is 8.19. The Morgan fingerprint density at radius 3 is 2.47 bits per heavy atom. The van der Waals surface area contributed by atoms with Crippen molar-refractivity contribution in [2.45, 2.75) is 44.6 Å². The lowest BCUT2D eigenvalue weighted by Gasteiger charge is -2.32. The van der Waals surface area contributed by atoms with Crippen molar-refractivity contribution in [2.75, 3.05) is 18.0 Å². The van der Waals surface area contributed by atoms with Crippen LogP contribution < -0.4 is 4.90 Å². The number of hydrogen-bond donors (Lipinski definition) is 1. The van der Waals surface area contributed by atoms with Gasteiger partial charge in [0.25, 0.3) is 0 Å². The predicted molar refractivity (Wildman–Crippen MR) is 70.4 cm³/mol. The zero-order chi connectivity index (χ0) is 11.9. The molecule has 17 heavy (non-hydrogen) atoms. The average molecular weight is 231 g/mol. The number of hydrogen-bond acceptors (Lipinski definition) is 2. The standard InChI is InChI=1S/C15H21NO/c1-12-5-6-14(16-9-3-2-4-10-16)13(11-12)15(17)7-8-15/h5-6,11,17H,2-4,7-10H2,1H3. The van der Waals surface area contributed by atoms with Crippen LogP contribution in [0.4, 0.5) is 5.69 Å². The van der Waals surface area contributed by atoms with Crippen molar-refractivity contribution in [2.24, 2.45) is 0 Å². The maximum atomic E-state index is 10.4. The Balaban J connectivity index is 1.97. The van der Waals surface area contributed by atoms with Gasteiger partial charge in [0, 0.05) is 24.3 Å². The number of aryl methyl sites for hydroxylation is 1. The number of aliphatic hydroxyl groups is 1. The van der Waals surface area contributed by atoms with Gasteiger partial charge in [-0.1, -0.05) is 17.7 Å². The summed E-state index contributed by atoms with van der Waals surface area (Å²) in [6.45, 7) is 4.40. The monoisotopic (exact) mass is 231 g/mol. The number of rotatable bonds is 2. The molecule has 1 aromatic carbocycles. The van der Waals surface area contributed by atoms with Crippen molar-refractivity contribution in [1.82, 2.24) is 0 Å². The lowest BCUT2D eigenvalue weighted by atomic mass is 10.00. The van der Waals surface area contributed by atoms with E-state index in [0.29, 0.717) is 0 Å². The molecule has 1 aromatic rings. The van der Waals surface area contributed by atoms with Crippen molar-refractivity contribution in [3.63, 3.8) is 0 Å². The van der Waals surface area contributed by atoms with E-state index < -0.39 is 5.60 Å². The Morgan fingerprint density at radius 1 is 1.12 bits per heavy atom. The summed E-state index contributed by atoms with van der Waals surface area (Å²) in [5, 5.41) is 10.4. The summed E-state index contributed by atoms with van der Waals surface area (Å²) >= 11 is 0. The highest BCUT2D eigenvalue weighted by molar-refractivity contribution is 5.59. The van der Waals surface area contributed by atoms with E-state index in [1.165, 1.54) is 36.1 Å². The summed E-state index contributed by atoms with van der Waals surface area (Å²) in [6, 6.07) is 6.54. The van der Waals surface area contributed by atoms with Gasteiger partial charge in [0.2, 0.25) is 0 Å². The van der Waals surface area contributed by atoms with Crippen molar-refractivity contribution in [3.8, 4) is 0 Å². The van der Waals surface area contributed by atoms with Crippen LogP contribution in [-0.2, 0) is 5.60 Å². The number of benzene rings is 1. The Bertz CT molecular complexity index is 417. The number of piperidine rings is 1. The van der Waals surface area contributed by atoms with E-state index in [4.69, 9.17) is 0 Å². The van der Waals surface area contributed by atoms with Gasteiger partial charge < -0.3 is 10.0 Å². The van der Waals surface area contributed by atoms with Crippen LogP contribution in [0, 0.1) is 6.92 Å². The lowest BCUT2D eigenvalue weighted by molar-refractivity contribution is 0.151. The molecule has 1 saturated carbocycles. The molecule has 0 aromatic heterocycles. The van der Waals surface area contributed by atoms with Gasteiger partial charge in [-0.15, -0.1) is 0 Å². The highest BCUT2D eigenvalue weighted by Gasteiger charge is 2.44. The third-order valence-electron chi connectivity index (χ3n) is 4.07. The molecule has 1 aliphatic heterocycles. The zero-order valence-electron chi connectivity index (χ0n) is 10.6. The van der Waals surface area contributed by atoms with Crippen LogP contribution >= 0.6 is 0 Å². The van der Waals surface area contributed by atoms with E-state index in [9.17, 15) is 5.11 Å². The zero-order valence-corrected chi connectivity index (χ0v) is 10.6. The first-order valence-corrected chi connectivity index (χ1v) is 6.77. The topological polar surface area (TPSA) is 23.5 Å². The Morgan fingerprint density at radius 2 is 1.82 bits per heavy atom. The van der Waals surface area contributed by atoms with E-state index in [0.717, 1.165) is 25.9 Å². The quantitative estimate of drug-likeness (QED) is 0.846. The molecular weight excluding hydrogens is 210 g/mol. The summed E-state index contributed by atoms with van der Waals surface area (Å²) in [6.07, 6.45) is 5.77. The summed E-state index contributed by atoms with van der Waals surface area (Å²) < 4.78 is 0. The molecule has 0 amide bonds. The van der Waals surface area contributed by atoms with Gasteiger partial charge in [-0.25, -0.2) is 0 Å². The molecule has 0 radical (unpaired) electrons. The first-order valence-electron chi connectivity index (χ1n) is 6.77. The van der Waals surface area contributed by atoms with Crippen molar-refractivity contribution >= 4 is 5.69 Å². The van der Waals surface area contributed by atoms with Crippen LogP contribution in [0.5, 0.6) is 0 Å². The van der Waals surface area contributed by atoms with Gasteiger partial charge in [0.05, 0.1) is 5.60 Å². The maximum Gasteiger partial charge on any atom is 0.0919 e. The minimum atomic E-state index is -0.515. The molecule has 0 spiro atoms. The maximum absolute atomic E-state index is 10.4. The molecule has 2 fully saturated rings. The van der Waals surface area contributed by atoms with Crippen LogP contribution in [0.15, 0.2) is 18.2 Å². The Labute approximate surface area is 103 Å². The molecule has 3 rings (SSSR count). The average Bonchev–Trinajstić information content (AvgIpc) is 3.10. The third-order valence-corrected chi connectivity index (χ3v) is 4.07. The molecule has 2 aliphatic rings. The van der Waals surface area contributed by atoms with Gasteiger partial charge in [-0.2, -0.15) is 0 Å². The molecule has 0 unspecified atom stereocenters. The molecule has 0 atom stereocenters. The second-order valence-corrected chi connectivity index (χ2v) is 5.60. The van der Waals surface area contributed by atoms with E-state index in [2.05, 4.69) is 30.0 Å².